The van der Waals surface area contributed by atoms with Crippen molar-refractivity contribution in [3.63, 3.8) is 0 Å². The molecule has 0 aliphatic carbocycles. The summed E-state index contributed by atoms with van der Waals surface area (Å²) in [7, 11) is 1.65. The molecular formula is C17H18N6O. The Morgan fingerprint density at radius 3 is 2.38 bits per heavy atom. The molecule has 0 radical (unpaired) electrons. The Morgan fingerprint density at radius 1 is 0.958 bits per heavy atom. The summed E-state index contributed by atoms with van der Waals surface area (Å²) < 4.78 is 5.22. The molecule has 0 spiro atoms. The van der Waals surface area contributed by atoms with Crippen molar-refractivity contribution in [2.75, 3.05) is 38.2 Å². The maximum Gasteiger partial charge on any atom is 0.160 e. The van der Waals surface area contributed by atoms with Crippen molar-refractivity contribution >= 4 is 16.6 Å². The van der Waals surface area contributed by atoms with Gasteiger partial charge in [-0.25, -0.2) is 0 Å². The van der Waals surface area contributed by atoms with Gasteiger partial charge < -0.3 is 15.0 Å². The van der Waals surface area contributed by atoms with Gasteiger partial charge >= 0.3 is 0 Å². The minimum atomic E-state index is 0.807. The van der Waals surface area contributed by atoms with E-state index >= 15 is 0 Å². The maximum absolute atomic E-state index is 5.22. The lowest BCUT2D eigenvalue weighted by Crippen LogP contribution is -2.44. The van der Waals surface area contributed by atoms with E-state index in [1.54, 1.807) is 19.5 Å². The minimum absolute atomic E-state index is 0.807. The van der Waals surface area contributed by atoms with E-state index in [4.69, 9.17) is 4.74 Å². The smallest absolute Gasteiger partial charge is 0.160 e. The van der Waals surface area contributed by atoms with Crippen LogP contribution in [-0.2, 0) is 0 Å². The average molecular weight is 322 g/mol. The Morgan fingerprint density at radius 2 is 1.67 bits per heavy atom. The fourth-order valence-electron chi connectivity index (χ4n) is 2.97. The number of nitrogens with one attached hydrogen (secondary N) is 1. The van der Waals surface area contributed by atoms with Crippen molar-refractivity contribution in [2.45, 2.75) is 0 Å². The van der Waals surface area contributed by atoms with Crippen molar-refractivity contribution in [3.05, 3.63) is 36.7 Å². The first kappa shape index (κ1) is 14.8. The van der Waals surface area contributed by atoms with Crippen molar-refractivity contribution in [1.82, 2.24) is 25.7 Å². The highest BCUT2D eigenvalue weighted by Gasteiger charge is 2.18. The summed E-state index contributed by atoms with van der Waals surface area (Å²) >= 11 is 0. The summed E-state index contributed by atoms with van der Waals surface area (Å²) in [4.78, 5) is 2.24. The molecular weight excluding hydrogens is 304 g/mol. The number of aromatic nitrogens is 4. The molecule has 3 heterocycles. The van der Waals surface area contributed by atoms with Crippen molar-refractivity contribution in [3.8, 4) is 17.0 Å². The van der Waals surface area contributed by atoms with E-state index in [0.29, 0.717) is 0 Å². The highest BCUT2D eigenvalue weighted by molar-refractivity contribution is 5.99. The molecule has 2 aromatic heterocycles. The lowest BCUT2D eigenvalue weighted by molar-refractivity contribution is 0.415. The molecule has 7 heteroatoms. The number of hydrogen-bond donors (Lipinski definition) is 1. The summed E-state index contributed by atoms with van der Waals surface area (Å²) in [5, 5.41) is 22.4. The standard InChI is InChI=1S/C17H18N6O/c1-24-13-4-2-12(3-5-13)16-14-10-19-20-11-15(14)17(22-21-16)23-8-6-18-7-9-23/h2-5,10-11,18H,6-9H2,1H3. The van der Waals surface area contributed by atoms with Crippen molar-refractivity contribution in [1.29, 1.82) is 0 Å². The minimum Gasteiger partial charge on any atom is -0.497 e. The molecule has 7 nitrogen and oxygen atoms in total. The third kappa shape index (κ3) is 2.63. The van der Waals surface area contributed by atoms with Crippen LogP contribution in [0.3, 0.4) is 0 Å². The van der Waals surface area contributed by atoms with Gasteiger partial charge in [0, 0.05) is 37.1 Å². The molecule has 0 amide bonds. The normalized spacial score (nSPS) is 14.8. The van der Waals surface area contributed by atoms with E-state index < -0.39 is 0 Å². The second-order valence-corrected chi connectivity index (χ2v) is 5.65. The van der Waals surface area contributed by atoms with Crippen LogP contribution in [0.4, 0.5) is 5.82 Å². The van der Waals surface area contributed by atoms with Crippen LogP contribution in [0.1, 0.15) is 0 Å². The Balaban J connectivity index is 1.82. The second-order valence-electron chi connectivity index (χ2n) is 5.65. The van der Waals surface area contributed by atoms with Crippen LogP contribution in [-0.4, -0.2) is 53.7 Å². The van der Waals surface area contributed by atoms with Gasteiger partial charge in [0.25, 0.3) is 0 Å². The molecule has 0 bridgehead atoms. The molecule has 3 aromatic rings. The first-order valence-corrected chi connectivity index (χ1v) is 7.94. The molecule has 1 aliphatic rings. The lowest BCUT2D eigenvalue weighted by Gasteiger charge is -2.28. The second kappa shape index (κ2) is 6.37. The molecule has 1 fully saturated rings. The van der Waals surface area contributed by atoms with E-state index in [1.807, 2.05) is 24.3 Å². The van der Waals surface area contributed by atoms with E-state index in [-0.39, 0.29) is 0 Å². The fraction of sp³-hybridized carbons (Fsp3) is 0.294. The van der Waals surface area contributed by atoms with E-state index in [2.05, 4.69) is 30.6 Å². The van der Waals surface area contributed by atoms with E-state index in [0.717, 1.165) is 59.8 Å². The van der Waals surface area contributed by atoms with Crippen molar-refractivity contribution in [2.24, 2.45) is 0 Å². The van der Waals surface area contributed by atoms with Gasteiger partial charge in [-0.15, -0.1) is 10.2 Å². The average Bonchev–Trinajstić information content (AvgIpc) is 2.68. The number of piperazine rings is 1. The van der Waals surface area contributed by atoms with Gasteiger partial charge in [-0.2, -0.15) is 10.2 Å². The highest BCUT2D eigenvalue weighted by Crippen LogP contribution is 2.31. The lowest BCUT2D eigenvalue weighted by atomic mass is 10.1. The monoisotopic (exact) mass is 322 g/mol. The zero-order chi connectivity index (χ0) is 16.4. The Bertz CT molecular complexity index is 845. The first-order valence-electron chi connectivity index (χ1n) is 7.94. The fourth-order valence-corrected chi connectivity index (χ4v) is 2.97. The first-order chi connectivity index (χ1) is 11.9. The predicted octanol–water partition coefficient (Wildman–Crippen LogP) is 1.50. The molecule has 24 heavy (non-hydrogen) atoms. The van der Waals surface area contributed by atoms with E-state index in [9.17, 15) is 0 Å². The van der Waals surface area contributed by atoms with Gasteiger partial charge in [-0.3, -0.25) is 0 Å². The SMILES string of the molecule is COc1ccc(-c2nnc(N3CCNCC3)c3cnncc23)cc1. The van der Waals surface area contributed by atoms with Crippen LogP contribution < -0.4 is 15.0 Å². The molecule has 0 atom stereocenters. The van der Waals surface area contributed by atoms with E-state index in [1.165, 1.54) is 0 Å². The Hall–Kier alpha value is -2.80. The molecule has 0 saturated carbocycles. The van der Waals surface area contributed by atoms with Crippen LogP contribution in [0.5, 0.6) is 5.75 Å². The predicted molar refractivity (Wildman–Crippen MR) is 92.2 cm³/mol. The van der Waals surface area contributed by atoms with Crippen LogP contribution >= 0.6 is 0 Å². The third-order valence-corrected chi connectivity index (χ3v) is 4.25. The number of nitrogens with zero attached hydrogens (tertiary/aromatic N) is 5. The highest BCUT2D eigenvalue weighted by atomic mass is 16.5. The van der Waals surface area contributed by atoms with Gasteiger partial charge in [-0.05, 0) is 24.3 Å². The molecule has 0 unspecified atom stereocenters. The topological polar surface area (TPSA) is 76.1 Å². The number of hydrogen-bond acceptors (Lipinski definition) is 7. The molecule has 1 saturated heterocycles. The van der Waals surface area contributed by atoms with Crippen LogP contribution in [0.25, 0.3) is 22.0 Å². The van der Waals surface area contributed by atoms with Crippen LogP contribution in [0.15, 0.2) is 36.7 Å². The number of benzene rings is 1. The summed E-state index contributed by atoms with van der Waals surface area (Å²) in [6.45, 7) is 3.71. The molecule has 4 rings (SSSR count). The number of anilines is 1. The summed E-state index contributed by atoms with van der Waals surface area (Å²) in [5.41, 5.74) is 1.79. The Labute approximate surface area is 139 Å². The van der Waals surface area contributed by atoms with Gasteiger partial charge in [0.15, 0.2) is 5.82 Å². The summed E-state index contributed by atoms with van der Waals surface area (Å²) in [5.74, 6) is 1.69. The maximum atomic E-state index is 5.22. The molecule has 1 N–H and O–H groups in total. The molecule has 122 valence electrons. The van der Waals surface area contributed by atoms with Gasteiger partial charge in [0.1, 0.15) is 11.4 Å². The van der Waals surface area contributed by atoms with Crippen LogP contribution in [0, 0.1) is 0 Å². The quantitative estimate of drug-likeness (QED) is 0.783. The number of fused-ring (bicyclic) bond motifs is 1. The van der Waals surface area contributed by atoms with Crippen molar-refractivity contribution < 1.29 is 4.74 Å². The molecule has 1 aliphatic heterocycles. The zero-order valence-electron chi connectivity index (χ0n) is 13.4. The van der Waals surface area contributed by atoms with Crippen LogP contribution in [0.2, 0.25) is 0 Å². The number of ether oxygens (including phenoxy) is 1. The number of methoxy groups -OCH3 is 1. The third-order valence-electron chi connectivity index (χ3n) is 4.25. The largest absolute Gasteiger partial charge is 0.497 e. The number of rotatable bonds is 3. The van der Waals surface area contributed by atoms with Gasteiger partial charge in [-0.1, -0.05) is 0 Å². The van der Waals surface area contributed by atoms with Gasteiger partial charge in [0.05, 0.1) is 24.9 Å². The molecule has 1 aromatic carbocycles. The van der Waals surface area contributed by atoms with Gasteiger partial charge in [0.2, 0.25) is 0 Å². The summed E-state index contributed by atoms with van der Waals surface area (Å²) in [6, 6.07) is 7.80. The summed E-state index contributed by atoms with van der Waals surface area (Å²) in [6.07, 6.45) is 3.53. The Kier molecular flexibility index (Phi) is 3.92. The zero-order valence-corrected chi connectivity index (χ0v) is 13.4.